The number of aromatic nitrogens is 1. The zero-order valence-electron chi connectivity index (χ0n) is 12.3. The van der Waals surface area contributed by atoms with Gasteiger partial charge in [-0.2, -0.15) is 0 Å². The highest BCUT2D eigenvalue weighted by Crippen LogP contribution is 2.20. The van der Waals surface area contributed by atoms with Crippen molar-refractivity contribution in [3.8, 4) is 11.3 Å². The van der Waals surface area contributed by atoms with Gasteiger partial charge in [0, 0.05) is 24.3 Å². The van der Waals surface area contributed by atoms with Crippen molar-refractivity contribution in [2.75, 3.05) is 13.7 Å². The highest BCUT2D eigenvalue weighted by Gasteiger charge is 2.12. The van der Waals surface area contributed by atoms with Gasteiger partial charge in [0.2, 0.25) is 0 Å². The van der Waals surface area contributed by atoms with Crippen LogP contribution in [0, 0.1) is 6.92 Å². The summed E-state index contributed by atoms with van der Waals surface area (Å²) in [5.74, 6) is -0.329. The molecule has 1 N–H and O–H groups in total. The lowest BCUT2D eigenvalue weighted by Crippen LogP contribution is -2.23. The van der Waals surface area contributed by atoms with Crippen LogP contribution in [0.25, 0.3) is 11.3 Å². The van der Waals surface area contributed by atoms with Crippen molar-refractivity contribution >= 4 is 11.9 Å². The molecule has 6 heteroatoms. The number of nitrogens with one attached hydrogen (secondary N) is 1. The van der Waals surface area contributed by atoms with Gasteiger partial charge in [0.1, 0.15) is 0 Å². The molecule has 0 spiro atoms. The number of carbonyl (C=O) groups is 2. The van der Waals surface area contributed by atoms with E-state index in [2.05, 4.69) is 15.2 Å². The Morgan fingerprint density at radius 2 is 2.05 bits per heavy atom. The molecule has 0 atom stereocenters. The Morgan fingerprint density at radius 1 is 1.32 bits per heavy atom. The fourth-order valence-electron chi connectivity index (χ4n) is 1.70. The highest BCUT2D eigenvalue weighted by atomic mass is 16.5. The number of benzene rings is 1. The first-order valence-corrected chi connectivity index (χ1v) is 6.66. The van der Waals surface area contributed by atoms with E-state index in [4.69, 9.17) is 4.52 Å². The molecule has 0 bridgehead atoms. The first-order chi connectivity index (χ1) is 10.6. The molecule has 1 aromatic heterocycles. The molecule has 0 saturated heterocycles. The minimum atomic E-state index is -0.475. The number of amides is 1. The van der Waals surface area contributed by atoms with Crippen LogP contribution in [0.4, 0.5) is 0 Å². The van der Waals surface area contributed by atoms with E-state index < -0.39 is 5.97 Å². The van der Waals surface area contributed by atoms with Crippen molar-refractivity contribution in [1.29, 1.82) is 0 Å². The van der Waals surface area contributed by atoms with E-state index in [0.717, 1.165) is 11.1 Å². The molecule has 0 saturated carbocycles. The summed E-state index contributed by atoms with van der Waals surface area (Å²) in [5.41, 5.74) is 2.17. The van der Waals surface area contributed by atoms with Crippen molar-refractivity contribution < 1.29 is 18.8 Å². The molecule has 1 amide bonds. The number of rotatable bonds is 5. The predicted octanol–water partition coefficient (Wildman–Crippen LogP) is 2.11. The van der Waals surface area contributed by atoms with Gasteiger partial charge in [-0.15, -0.1) is 0 Å². The molecule has 0 radical (unpaired) electrons. The average Bonchev–Trinajstić information content (AvgIpc) is 3.01. The summed E-state index contributed by atoms with van der Waals surface area (Å²) in [7, 11) is 1.28. The van der Waals surface area contributed by atoms with Gasteiger partial charge in [-0.3, -0.25) is 4.79 Å². The molecule has 2 aromatic rings. The molecule has 0 aliphatic rings. The molecule has 1 heterocycles. The van der Waals surface area contributed by atoms with Crippen molar-refractivity contribution in [1.82, 2.24) is 10.5 Å². The van der Waals surface area contributed by atoms with E-state index >= 15 is 0 Å². The van der Waals surface area contributed by atoms with Crippen LogP contribution in [0.5, 0.6) is 0 Å². The smallest absolute Gasteiger partial charge is 0.330 e. The molecule has 22 heavy (non-hydrogen) atoms. The lowest BCUT2D eigenvalue weighted by Gasteiger charge is -1.97. The molecule has 114 valence electrons. The molecular formula is C16H16N2O4. The number of hydrogen-bond donors (Lipinski definition) is 1. The van der Waals surface area contributed by atoms with E-state index in [1.165, 1.54) is 19.3 Å². The van der Waals surface area contributed by atoms with Gasteiger partial charge in [-0.25, -0.2) is 4.79 Å². The molecule has 1 aromatic carbocycles. The largest absolute Gasteiger partial charge is 0.466 e. The van der Waals surface area contributed by atoms with Crippen LogP contribution in [0.15, 0.2) is 47.0 Å². The maximum atomic E-state index is 11.9. The van der Waals surface area contributed by atoms with Gasteiger partial charge >= 0.3 is 5.97 Å². The Bertz CT molecular complexity index is 686. The summed E-state index contributed by atoms with van der Waals surface area (Å²) in [6.07, 6.45) is 2.73. The van der Waals surface area contributed by atoms with Crippen molar-refractivity contribution in [2.45, 2.75) is 6.92 Å². The molecule has 0 aliphatic heterocycles. The Morgan fingerprint density at radius 3 is 2.73 bits per heavy atom. The second-order valence-electron chi connectivity index (χ2n) is 4.58. The average molecular weight is 300 g/mol. The number of hydrogen-bond acceptors (Lipinski definition) is 5. The van der Waals surface area contributed by atoms with E-state index in [9.17, 15) is 9.59 Å². The maximum Gasteiger partial charge on any atom is 0.330 e. The molecule has 0 fully saturated rings. The van der Waals surface area contributed by atoms with Crippen LogP contribution in [0.3, 0.4) is 0 Å². The molecule has 6 nitrogen and oxygen atoms in total. The summed E-state index contributed by atoms with van der Waals surface area (Å²) in [6.45, 7) is 2.19. The minimum Gasteiger partial charge on any atom is -0.466 e. The van der Waals surface area contributed by atoms with Crippen LogP contribution >= 0.6 is 0 Å². The zero-order chi connectivity index (χ0) is 15.9. The number of aryl methyl sites for hydroxylation is 1. The normalized spacial score (nSPS) is 10.6. The summed E-state index contributed by atoms with van der Waals surface area (Å²) in [5, 5.41) is 6.34. The summed E-state index contributed by atoms with van der Waals surface area (Å²) < 4.78 is 9.61. The van der Waals surface area contributed by atoms with Gasteiger partial charge in [-0.1, -0.05) is 41.1 Å². The van der Waals surface area contributed by atoms with Crippen molar-refractivity contribution in [3.63, 3.8) is 0 Å². The van der Waals surface area contributed by atoms with Gasteiger partial charge < -0.3 is 14.6 Å². The van der Waals surface area contributed by atoms with Crippen molar-refractivity contribution in [2.24, 2.45) is 0 Å². The summed E-state index contributed by atoms with van der Waals surface area (Å²) in [4.78, 5) is 22.7. The number of esters is 1. The Balaban J connectivity index is 1.96. The van der Waals surface area contributed by atoms with Crippen LogP contribution in [0.2, 0.25) is 0 Å². The minimum absolute atomic E-state index is 0.182. The molecule has 2 rings (SSSR count). The monoisotopic (exact) mass is 300 g/mol. The third-order valence-corrected chi connectivity index (χ3v) is 2.91. The number of methoxy groups -OCH3 is 1. The quantitative estimate of drug-likeness (QED) is 0.675. The maximum absolute atomic E-state index is 11.9. The Labute approximate surface area is 127 Å². The van der Waals surface area contributed by atoms with Crippen LogP contribution in [-0.4, -0.2) is 30.7 Å². The van der Waals surface area contributed by atoms with E-state index in [0.29, 0.717) is 5.76 Å². The van der Waals surface area contributed by atoms with E-state index in [-0.39, 0.29) is 18.1 Å². The number of nitrogens with zero attached hydrogens (tertiary/aromatic N) is 1. The number of ether oxygens (including phenoxy) is 1. The van der Waals surface area contributed by atoms with Crippen LogP contribution in [0.1, 0.15) is 16.1 Å². The van der Waals surface area contributed by atoms with Gasteiger partial charge in [0.25, 0.3) is 5.91 Å². The second-order valence-corrected chi connectivity index (χ2v) is 4.58. The fourth-order valence-corrected chi connectivity index (χ4v) is 1.70. The topological polar surface area (TPSA) is 81.4 Å². The van der Waals surface area contributed by atoms with Crippen molar-refractivity contribution in [3.05, 3.63) is 53.7 Å². The van der Waals surface area contributed by atoms with Crippen LogP contribution in [-0.2, 0) is 9.53 Å². The van der Waals surface area contributed by atoms with Crippen LogP contribution < -0.4 is 5.32 Å². The first kappa shape index (κ1) is 15.5. The Hall–Kier alpha value is -2.89. The first-order valence-electron chi connectivity index (χ1n) is 6.66. The fraction of sp³-hybridized carbons (Fsp3) is 0.188. The standard InChI is InChI=1S/C16H16N2O4/c1-11-5-7-12(8-6-11)14-10-13(18-22-14)16(20)17-9-3-4-15(19)21-2/h3-8,10H,9H2,1-2H3,(H,17,20)/b4-3+. The summed E-state index contributed by atoms with van der Waals surface area (Å²) >= 11 is 0. The second kappa shape index (κ2) is 7.21. The van der Waals surface area contributed by atoms with Gasteiger partial charge in [0.05, 0.1) is 7.11 Å². The third kappa shape index (κ3) is 4.05. The van der Waals surface area contributed by atoms with Gasteiger partial charge in [-0.05, 0) is 6.92 Å². The predicted molar refractivity (Wildman–Crippen MR) is 80.2 cm³/mol. The molecule has 0 unspecified atom stereocenters. The van der Waals surface area contributed by atoms with Gasteiger partial charge in [0.15, 0.2) is 11.5 Å². The lowest BCUT2D eigenvalue weighted by atomic mass is 10.1. The zero-order valence-corrected chi connectivity index (χ0v) is 12.3. The Kier molecular flexibility index (Phi) is 5.08. The summed E-state index contributed by atoms with van der Waals surface area (Å²) in [6, 6.07) is 9.28. The lowest BCUT2D eigenvalue weighted by molar-refractivity contribution is -0.134. The molecular weight excluding hydrogens is 284 g/mol. The SMILES string of the molecule is COC(=O)/C=C/CNC(=O)c1cc(-c2ccc(C)cc2)on1. The number of carbonyl (C=O) groups excluding carboxylic acids is 2. The van der Waals surface area contributed by atoms with E-state index in [1.807, 2.05) is 31.2 Å². The van der Waals surface area contributed by atoms with E-state index in [1.54, 1.807) is 6.07 Å². The third-order valence-electron chi connectivity index (χ3n) is 2.91. The highest BCUT2D eigenvalue weighted by molar-refractivity contribution is 5.93. The molecule has 0 aliphatic carbocycles.